The molecule has 20 heavy (non-hydrogen) atoms. The molecule has 0 saturated heterocycles. The van der Waals surface area contributed by atoms with Crippen molar-refractivity contribution in [3.63, 3.8) is 0 Å². The van der Waals surface area contributed by atoms with Gasteiger partial charge >= 0.3 is 0 Å². The topological polar surface area (TPSA) is 30.5 Å². The fourth-order valence-electron chi connectivity index (χ4n) is 2.39. The molecule has 1 aliphatic heterocycles. The summed E-state index contributed by atoms with van der Waals surface area (Å²) >= 11 is 0. The van der Waals surface area contributed by atoms with Gasteiger partial charge in [0.1, 0.15) is 13.2 Å². The lowest BCUT2D eigenvalue weighted by Gasteiger charge is -2.19. The Morgan fingerprint density at radius 3 is 2.55 bits per heavy atom. The van der Waals surface area contributed by atoms with E-state index >= 15 is 0 Å². The molecule has 0 aliphatic carbocycles. The van der Waals surface area contributed by atoms with E-state index in [0.717, 1.165) is 23.7 Å². The van der Waals surface area contributed by atoms with Gasteiger partial charge in [-0.1, -0.05) is 23.8 Å². The number of hydrogen-bond acceptors (Lipinski definition) is 3. The lowest BCUT2D eigenvalue weighted by atomic mass is 10.1. The van der Waals surface area contributed by atoms with Gasteiger partial charge in [-0.15, -0.1) is 0 Å². The highest BCUT2D eigenvalue weighted by Gasteiger charge is 2.11. The molecule has 0 atom stereocenters. The summed E-state index contributed by atoms with van der Waals surface area (Å²) in [7, 11) is 0. The molecule has 0 unspecified atom stereocenters. The van der Waals surface area contributed by atoms with E-state index in [1.165, 1.54) is 16.7 Å². The molecule has 2 aromatic rings. The second-order valence-corrected chi connectivity index (χ2v) is 5.14. The van der Waals surface area contributed by atoms with E-state index in [1.54, 1.807) is 0 Å². The molecular formula is C17H19NO2. The smallest absolute Gasteiger partial charge is 0.163 e. The Labute approximate surface area is 119 Å². The molecule has 3 nitrogen and oxygen atoms in total. The van der Waals surface area contributed by atoms with E-state index in [2.05, 4.69) is 37.4 Å². The minimum absolute atomic E-state index is 0.619. The van der Waals surface area contributed by atoms with E-state index in [4.69, 9.17) is 9.47 Å². The van der Waals surface area contributed by atoms with Crippen LogP contribution in [0.5, 0.6) is 11.5 Å². The summed E-state index contributed by atoms with van der Waals surface area (Å²) in [6.45, 7) is 6.32. The lowest BCUT2D eigenvalue weighted by Crippen LogP contribution is -2.15. The van der Waals surface area contributed by atoms with Crippen molar-refractivity contribution in [2.45, 2.75) is 20.4 Å². The number of aryl methyl sites for hydroxylation is 2. The standard InChI is InChI=1S/C17H19NO2/c1-12-3-4-14(13(2)9-12)11-18-15-5-6-16-17(10-15)20-8-7-19-16/h3-6,9-10,18H,7-8,11H2,1-2H3. The van der Waals surface area contributed by atoms with Crippen molar-refractivity contribution in [3.8, 4) is 11.5 Å². The van der Waals surface area contributed by atoms with Gasteiger partial charge in [-0.2, -0.15) is 0 Å². The van der Waals surface area contributed by atoms with Crippen LogP contribution in [-0.4, -0.2) is 13.2 Å². The van der Waals surface area contributed by atoms with Crippen molar-refractivity contribution in [2.24, 2.45) is 0 Å². The van der Waals surface area contributed by atoms with Crippen LogP contribution < -0.4 is 14.8 Å². The Morgan fingerprint density at radius 1 is 0.950 bits per heavy atom. The number of hydrogen-bond donors (Lipinski definition) is 1. The minimum Gasteiger partial charge on any atom is -0.486 e. The summed E-state index contributed by atoms with van der Waals surface area (Å²) < 4.78 is 11.1. The van der Waals surface area contributed by atoms with Gasteiger partial charge in [0, 0.05) is 18.3 Å². The molecule has 2 aromatic carbocycles. The monoisotopic (exact) mass is 269 g/mol. The molecule has 104 valence electrons. The number of rotatable bonds is 3. The van der Waals surface area contributed by atoms with E-state index in [-0.39, 0.29) is 0 Å². The van der Waals surface area contributed by atoms with Gasteiger partial charge in [-0.25, -0.2) is 0 Å². The summed E-state index contributed by atoms with van der Waals surface area (Å²) in [5.41, 5.74) is 4.97. The number of anilines is 1. The fourth-order valence-corrected chi connectivity index (χ4v) is 2.39. The highest BCUT2D eigenvalue weighted by molar-refractivity contribution is 5.55. The fraction of sp³-hybridized carbons (Fsp3) is 0.294. The zero-order valence-electron chi connectivity index (χ0n) is 11.9. The molecule has 0 bridgehead atoms. The van der Waals surface area contributed by atoms with Crippen LogP contribution in [0.2, 0.25) is 0 Å². The summed E-state index contributed by atoms with van der Waals surface area (Å²) in [4.78, 5) is 0. The summed E-state index contributed by atoms with van der Waals surface area (Å²) in [5.74, 6) is 1.65. The highest BCUT2D eigenvalue weighted by atomic mass is 16.6. The van der Waals surface area contributed by atoms with Gasteiger partial charge < -0.3 is 14.8 Å². The van der Waals surface area contributed by atoms with Crippen LogP contribution in [0.4, 0.5) is 5.69 Å². The number of benzene rings is 2. The number of fused-ring (bicyclic) bond motifs is 1. The van der Waals surface area contributed by atoms with E-state index in [9.17, 15) is 0 Å². The van der Waals surface area contributed by atoms with Crippen LogP contribution in [-0.2, 0) is 6.54 Å². The average Bonchev–Trinajstić information content (AvgIpc) is 2.46. The zero-order valence-corrected chi connectivity index (χ0v) is 11.9. The number of ether oxygens (including phenoxy) is 2. The lowest BCUT2D eigenvalue weighted by molar-refractivity contribution is 0.171. The first-order valence-electron chi connectivity index (χ1n) is 6.92. The average molecular weight is 269 g/mol. The molecule has 1 heterocycles. The summed E-state index contributed by atoms with van der Waals surface area (Å²) in [5, 5.41) is 3.44. The van der Waals surface area contributed by atoms with E-state index in [0.29, 0.717) is 13.2 Å². The van der Waals surface area contributed by atoms with Gasteiger partial charge in [-0.05, 0) is 37.1 Å². The minimum atomic E-state index is 0.619. The van der Waals surface area contributed by atoms with E-state index < -0.39 is 0 Å². The third kappa shape index (κ3) is 2.72. The van der Waals surface area contributed by atoms with Crippen molar-refractivity contribution in [1.29, 1.82) is 0 Å². The van der Waals surface area contributed by atoms with Crippen molar-refractivity contribution >= 4 is 5.69 Å². The Morgan fingerprint density at radius 2 is 1.75 bits per heavy atom. The van der Waals surface area contributed by atoms with Crippen molar-refractivity contribution in [2.75, 3.05) is 18.5 Å². The van der Waals surface area contributed by atoms with Crippen LogP contribution in [0.1, 0.15) is 16.7 Å². The highest BCUT2D eigenvalue weighted by Crippen LogP contribution is 2.32. The molecule has 3 heteroatoms. The molecule has 0 spiro atoms. The SMILES string of the molecule is Cc1ccc(CNc2ccc3c(c2)OCCO3)c(C)c1. The first kappa shape index (κ1) is 12.9. The van der Waals surface area contributed by atoms with E-state index in [1.807, 2.05) is 18.2 Å². The predicted octanol–water partition coefficient (Wildman–Crippen LogP) is 3.69. The van der Waals surface area contributed by atoms with Crippen LogP contribution in [0, 0.1) is 13.8 Å². The maximum Gasteiger partial charge on any atom is 0.163 e. The third-order valence-electron chi connectivity index (χ3n) is 3.52. The Balaban J connectivity index is 1.72. The zero-order chi connectivity index (χ0) is 13.9. The van der Waals surface area contributed by atoms with Gasteiger partial charge in [0.25, 0.3) is 0 Å². The summed E-state index contributed by atoms with van der Waals surface area (Å²) in [6, 6.07) is 12.5. The quantitative estimate of drug-likeness (QED) is 0.922. The van der Waals surface area contributed by atoms with Crippen molar-refractivity contribution < 1.29 is 9.47 Å². The normalized spacial score (nSPS) is 13.1. The van der Waals surface area contributed by atoms with Crippen LogP contribution in [0.15, 0.2) is 36.4 Å². The Bertz CT molecular complexity index is 622. The Kier molecular flexibility index (Phi) is 3.50. The first-order chi connectivity index (χ1) is 9.72. The third-order valence-corrected chi connectivity index (χ3v) is 3.52. The molecule has 0 radical (unpaired) electrons. The summed E-state index contributed by atoms with van der Waals surface area (Å²) in [6.07, 6.45) is 0. The van der Waals surface area contributed by atoms with Crippen LogP contribution >= 0.6 is 0 Å². The maximum atomic E-state index is 5.59. The molecular weight excluding hydrogens is 250 g/mol. The molecule has 1 aliphatic rings. The molecule has 1 N–H and O–H groups in total. The molecule has 0 saturated carbocycles. The molecule has 0 amide bonds. The van der Waals surface area contributed by atoms with Gasteiger partial charge in [0.2, 0.25) is 0 Å². The predicted molar refractivity (Wildman–Crippen MR) is 80.7 cm³/mol. The van der Waals surface area contributed by atoms with Crippen LogP contribution in [0.3, 0.4) is 0 Å². The Hall–Kier alpha value is -2.16. The molecule has 3 rings (SSSR count). The number of nitrogens with one attached hydrogen (secondary N) is 1. The first-order valence-corrected chi connectivity index (χ1v) is 6.92. The molecule has 0 fully saturated rings. The largest absolute Gasteiger partial charge is 0.486 e. The second kappa shape index (κ2) is 5.45. The second-order valence-electron chi connectivity index (χ2n) is 5.14. The van der Waals surface area contributed by atoms with Gasteiger partial charge in [-0.3, -0.25) is 0 Å². The van der Waals surface area contributed by atoms with Gasteiger partial charge in [0.05, 0.1) is 0 Å². The molecule has 0 aromatic heterocycles. The van der Waals surface area contributed by atoms with Crippen LogP contribution in [0.25, 0.3) is 0 Å². The van der Waals surface area contributed by atoms with Crippen molar-refractivity contribution in [1.82, 2.24) is 0 Å². The maximum absolute atomic E-state index is 5.59. The van der Waals surface area contributed by atoms with Gasteiger partial charge in [0.15, 0.2) is 11.5 Å². The van der Waals surface area contributed by atoms with Crippen molar-refractivity contribution in [3.05, 3.63) is 53.1 Å².